The van der Waals surface area contributed by atoms with Crippen LogP contribution in [0.25, 0.3) is 12.2 Å². The van der Waals surface area contributed by atoms with Crippen LogP contribution < -0.4 is 0 Å². The van der Waals surface area contributed by atoms with E-state index in [1.54, 1.807) is 6.07 Å². The lowest BCUT2D eigenvalue weighted by atomic mass is 10.2. The molecule has 16 heavy (non-hydrogen) atoms. The summed E-state index contributed by atoms with van der Waals surface area (Å²) in [4.78, 5) is 7.86. The lowest BCUT2D eigenvalue weighted by Crippen LogP contribution is -1.86. The molecular weight excluding hydrogens is 198 g/mol. The standard InChI is InChI=1S/C13H9N3/c14-9-13-8-12(15-10-16-13)7-6-11-4-2-1-3-5-11/h1-8,10H/b7-6+. The predicted molar refractivity (Wildman–Crippen MR) is 62.1 cm³/mol. The average Bonchev–Trinajstić information content (AvgIpc) is 2.38. The molecule has 0 aliphatic heterocycles. The van der Waals surface area contributed by atoms with Crippen molar-refractivity contribution in [3.8, 4) is 6.07 Å². The monoisotopic (exact) mass is 207 g/mol. The molecule has 0 fully saturated rings. The van der Waals surface area contributed by atoms with Crippen LogP contribution in [-0.4, -0.2) is 9.97 Å². The van der Waals surface area contributed by atoms with Gasteiger partial charge in [-0.15, -0.1) is 0 Å². The highest BCUT2D eigenvalue weighted by atomic mass is 14.8. The molecule has 2 aromatic rings. The summed E-state index contributed by atoms with van der Waals surface area (Å²) >= 11 is 0. The van der Waals surface area contributed by atoms with E-state index in [-0.39, 0.29) is 0 Å². The van der Waals surface area contributed by atoms with Crippen molar-refractivity contribution in [1.82, 2.24) is 9.97 Å². The number of nitriles is 1. The fourth-order valence-corrected chi connectivity index (χ4v) is 1.27. The van der Waals surface area contributed by atoms with Crippen molar-refractivity contribution in [2.45, 2.75) is 0 Å². The zero-order valence-electron chi connectivity index (χ0n) is 8.54. The van der Waals surface area contributed by atoms with Gasteiger partial charge in [0.2, 0.25) is 0 Å². The molecule has 0 N–H and O–H groups in total. The molecule has 0 amide bonds. The summed E-state index contributed by atoms with van der Waals surface area (Å²) in [5.74, 6) is 0. The zero-order chi connectivity index (χ0) is 11.2. The lowest BCUT2D eigenvalue weighted by Gasteiger charge is -1.93. The Morgan fingerprint density at radius 2 is 1.88 bits per heavy atom. The van der Waals surface area contributed by atoms with Crippen LogP contribution in [0.15, 0.2) is 42.7 Å². The first-order valence-corrected chi connectivity index (χ1v) is 4.84. The van der Waals surface area contributed by atoms with Crippen LogP contribution in [0.5, 0.6) is 0 Å². The van der Waals surface area contributed by atoms with Crippen molar-refractivity contribution >= 4 is 12.2 Å². The van der Waals surface area contributed by atoms with Crippen molar-refractivity contribution in [2.24, 2.45) is 0 Å². The molecule has 0 atom stereocenters. The highest BCUT2D eigenvalue weighted by Gasteiger charge is 1.93. The van der Waals surface area contributed by atoms with Crippen molar-refractivity contribution < 1.29 is 0 Å². The maximum absolute atomic E-state index is 8.68. The number of nitrogens with zero attached hydrogens (tertiary/aromatic N) is 3. The molecule has 0 saturated carbocycles. The third-order valence-electron chi connectivity index (χ3n) is 2.05. The third kappa shape index (κ3) is 2.52. The van der Waals surface area contributed by atoms with Crippen molar-refractivity contribution in [3.05, 3.63) is 59.7 Å². The first-order valence-electron chi connectivity index (χ1n) is 4.84. The molecule has 0 aliphatic rings. The number of rotatable bonds is 2. The fraction of sp³-hybridized carbons (Fsp3) is 0. The summed E-state index contributed by atoms with van der Waals surface area (Å²) in [7, 11) is 0. The van der Waals surface area contributed by atoms with E-state index in [1.165, 1.54) is 6.33 Å². The van der Waals surface area contributed by atoms with Crippen molar-refractivity contribution in [3.63, 3.8) is 0 Å². The molecule has 0 saturated heterocycles. The highest BCUT2D eigenvalue weighted by molar-refractivity contribution is 5.67. The van der Waals surface area contributed by atoms with Gasteiger partial charge in [0, 0.05) is 6.07 Å². The van der Waals surface area contributed by atoms with Gasteiger partial charge in [0.1, 0.15) is 18.1 Å². The first kappa shape index (κ1) is 10.1. The SMILES string of the molecule is N#Cc1cc(/C=C/c2ccccc2)ncn1. The van der Waals surface area contributed by atoms with Crippen LogP contribution >= 0.6 is 0 Å². The Morgan fingerprint density at radius 3 is 2.62 bits per heavy atom. The van der Waals surface area contributed by atoms with Gasteiger partial charge >= 0.3 is 0 Å². The van der Waals surface area contributed by atoms with Gasteiger partial charge in [-0.2, -0.15) is 5.26 Å². The summed E-state index contributed by atoms with van der Waals surface area (Å²) in [6.07, 6.45) is 5.20. The van der Waals surface area contributed by atoms with Gasteiger partial charge in [0.15, 0.2) is 0 Å². The van der Waals surface area contributed by atoms with Gasteiger partial charge in [0.05, 0.1) is 5.69 Å². The maximum atomic E-state index is 8.68. The number of aromatic nitrogens is 2. The molecule has 0 spiro atoms. The van der Waals surface area contributed by atoms with E-state index in [0.717, 1.165) is 11.3 Å². The Bertz CT molecular complexity index is 539. The van der Waals surface area contributed by atoms with E-state index >= 15 is 0 Å². The van der Waals surface area contributed by atoms with Crippen LogP contribution in [0.2, 0.25) is 0 Å². The third-order valence-corrected chi connectivity index (χ3v) is 2.05. The molecule has 0 radical (unpaired) electrons. The van der Waals surface area contributed by atoms with Gasteiger partial charge in [-0.1, -0.05) is 36.4 Å². The highest BCUT2D eigenvalue weighted by Crippen LogP contribution is 2.06. The van der Waals surface area contributed by atoms with Crippen molar-refractivity contribution in [1.29, 1.82) is 5.26 Å². The average molecular weight is 207 g/mol. The van der Waals surface area contributed by atoms with Gasteiger partial charge in [0.25, 0.3) is 0 Å². The second kappa shape index (κ2) is 4.85. The Morgan fingerprint density at radius 1 is 1.06 bits per heavy atom. The number of benzene rings is 1. The molecule has 2 rings (SSSR count). The van der Waals surface area contributed by atoms with Gasteiger partial charge in [-0.05, 0) is 11.6 Å². The van der Waals surface area contributed by atoms with Crippen LogP contribution in [0.3, 0.4) is 0 Å². The minimum atomic E-state index is 0.378. The smallest absolute Gasteiger partial charge is 0.144 e. The van der Waals surface area contributed by atoms with E-state index in [1.807, 2.05) is 48.6 Å². The Balaban J connectivity index is 2.21. The van der Waals surface area contributed by atoms with E-state index in [2.05, 4.69) is 9.97 Å². The van der Waals surface area contributed by atoms with Crippen LogP contribution in [0, 0.1) is 11.3 Å². The first-order chi connectivity index (χ1) is 7.88. The van der Waals surface area contributed by atoms with Crippen LogP contribution in [0.4, 0.5) is 0 Å². The van der Waals surface area contributed by atoms with Crippen LogP contribution in [-0.2, 0) is 0 Å². The molecule has 1 heterocycles. The maximum Gasteiger partial charge on any atom is 0.144 e. The Hall–Kier alpha value is -2.47. The largest absolute Gasteiger partial charge is 0.237 e. The summed E-state index contributed by atoms with van der Waals surface area (Å²) in [5, 5.41) is 8.68. The summed E-state index contributed by atoms with van der Waals surface area (Å²) in [6.45, 7) is 0. The zero-order valence-corrected chi connectivity index (χ0v) is 8.54. The molecule has 0 aliphatic carbocycles. The summed E-state index contributed by atoms with van der Waals surface area (Å²) in [5.41, 5.74) is 2.21. The molecular formula is C13H9N3. The molecule has 3 heteroatoms. The number of hydrogen-bond acceptors (Lipinski definition) is 3. The topological polar surface area (TPSA) is 49.6 Å². The van der Waals surface area contributed by atoms with E-state index < -0.39 is 0 Å². The minimum absolute atomic E-state index is 0.378. The predicted octanol–water partition coefficient (Wildman–Crippen LogP) is 2.52. The second-order valence-corrected chi connectivity index (χ2v) is 3.18. The Kier molecular flexibility index (Phi) is 3.05. The molecule has 3 nitrogen and oxygen atoms in total. The molecule has 0 bridgehead atoms. The normalized spacial score (nSPS) is 10.2. The lowest BCUT2D eigenvalue weighted by molar-refractivity contribution is 1.12. The molecule has 1 aromatic heterocycles. The number of hydrogen-bond donors (Lipinski definition) is 0. The van der Waals surface area contributed by atoms with E-state index in [9.17, 15) is 0 Å². The molecule has 1 aromatic carbocycles. The quantitative estimate of drug-likeness (QED) is 0.760. The summed E-state index contributed by atoms with van der Waals surface area (Å²) in [6, 6.07) is 13.6. The molecule has 76 valence electrons. The van der Waals surface area contributed by atoms with Gasteiger partial charge in [-0.3, -0.25) is 0 Å². The van der Waals surface area contributed by atoms with Crippen LogP contribution in [0.1, 0.15) is 17.0 Å². The fourth-order valence-electron chi connectivity index (χ4n) is 1.27. The van der Waals surface area contributed by atoms with Gasteiger partial charge < -0.3 is 0 Å². The summed E-state index contributed by atoms with van der Waals surface area (Å²) < 4.78 is 0. The Labute approximate surface area is 93.7 Å². The van der Waals surface area contributed by atoms with E-state index in [4.69, 9.17) is 5.26 Å². The van der Waals surface area contributed by atoms with Crippen molar-refractivity contribution in [2.75, 3.05) is 0 Å². The second-order valence-electron chi connectivity index (χ2n) is 3.18. The van der Waals surface area contributed by atoms with E-state index in [0.29, 0.717) is 5.69 Å². The minimum Gasteiger partial charge on any atom is -0.237 e. The van der Waals surface area contributed by atoms with Gasteiger partial charge in [-0.25, -0.2) is 9.97 Å². The molecule has 0 unspecified atom stereocenters.